The third-order valence-corrected chi connectivity index (χ3v) is 4.54. The molecule has 2 rings (SSSR count). The predicted octanol–water partition coefficient (Wildman–Crippen LogP) is 3.06. The smallest absolute Gasteiger partial charge is 0.231 e. The summed E-state index contributed by atoms with van der Waals surface area (Å²) in [6, 6.07) is 6.04. The zero-order chi connectivity index (χ0) is 13.2. The van der Waals surface area contributed by atoms with Gasteiger partial charge in [0.15, 0.2) is 0 Å². The number of carbonyl (C=O) groups excluding carboxylic acids is 1. The normalized spacial score (nSPS) is 17.7. The number of anilines is 1. The van der Waals surface area contributed by atoms with Gasteiger partial charge in [0.05, 0.1) is 5.41 Å². The largest absolute Gasteiger partial charge is 0.329 e. The van der Waals surface area contributed by atoms with Crippen molar-refractivity contribution in [3.63, 3.8) is 0 Å². The fourth-order valence-electron chi connectivity index (χ4n) is 2.60. The summed E-state index contributed by atoms with van der Waals surface area (Å²) < 4.78 is 1.18. The lowest BCUT2D eigenvalue weighted by atomic mass is 9.85. The van der Waals surface area contributed by atoms with Crippen LogP contribution in [-0.2, 0) is 4.79 Å². The third-order valence-electron chi connectivity index (χ3n) is 3.87. The van der Waals surface area contributed by atoms with Crippen LogP contribution in [0.3, 0.4) is 0 Å². The molecule has 0 heterocycles. The molecule has 0 unspecified atom stereocenters. The number of carbonyl (C=O) groups is 1. The summed E-state index contributed by atoms with van der Waals surface area (Å²) in [6.07, 6.45) is 4.05. The van der Waals surface area contributed by atoms with Gasteiger partial charge in [0.1, 0.15) is 0 Å². The van der Waals surface area contributed by atoms with Crippen LogP contribution in [0.1, 0.15) is 31.2 Å². The van der Waals surface area contributed by atoms with Gasteiger partial charge in [-0.1, -0.05) is 12.8 Å². The Morgan fingerprint density at radius 3 is 2.67 bits per heavy atom. The van der Waals surface area contributed by atoms with Crippen molar-refractivity contribution in [1.29, 1.82) is 0 Å². The third kappa shape index (κ3) is 2.69. The van der Waals surface area contributed by atoms with E-state index in [2.05, 4.69) is 34.0 Å². The predicted molar refractivity (Wildman–Crippen MR) is 82.5 cm³/mol. The van der Waals surface area contributed by atoms with Gasteiger partial charge in [0, 0.05) is 15.8 Å². The van der Waals surface area contributed by atoms with Crippen molar-refractivity contribution in [1.82, 2.24) is 0 Å². The molecule has 0 aliphatic heterocycles. The van der Waals surface area contributed by atoms with Gasteiger partial charge in [-0.25, -0.2) is 0 Å². The molecule has 98 valence electrons. The Morgan fingerprint density at radius 1 is 1.44 bits per heavy atom. The molecule has 0 spiro atoms. The second kappa shape index (κ2) is 5.57. The zero-order valence-electron chi connectivity index (χ0n) is 10.6. The summed E-state index contributed by atoms with van der Waals surface area (Å²) >= 11 is 2.27. The monoisotopic (exact) mass is 358 g/mol. The first-order valence-electron chi connectivity index (χ1n) is 6.35. The van der Waals surface area contributed by atoms with Gasteiger partial charge in [-0.15, -0.1) is 0 Å². The number of nitrogens with two attached hydrogens (primary N) is 1. The van der Waals surface area contributed by atoms with E-state index in [-0.39, 0.29) is 11.3 Å². The first kappa shape index (κ1) is 13.8. The molecule has 1 aliphatic carbocycles. The fourth-order valence-corrected chi connectivity index (χ4v) is 3.24. The fraction of sp³-hybridized carbons (Fsp3) is 0.500. The van der Waals surface area contributed by atoms with Crippen molar-refractivity contribution in [3.8, 4) is 0 Å². The van der Waals surface area contributed by atoms with Crippen LogP contribution in [0.2, 0.25) is 0 Å². The second-order valence-corrected chi connectivity index (χ2v) is 6.35. The molecule has 1 amide bonds. The van der Waals surface area contributed by atoms with Crippen LogP contribution in [0.5, 0.6) is 0 Å². The average molecular weight is 358 g/mol. The lowest BCUT2D eigenvalue weighted by molar-refractivity contribution is -0.124. The van der Waals surface area contributed by atoms with E-state index in [4.69, 9.17) is 5.73 Å². The Kier molecular flexibility index (Phi) is 4.27. The molecule has 0 radical (unpaired) electrons. The maximum atomic E-state index is 12.4. The molecule has 4 heteroatoms. The number of aryl methyl sites for hydroxylation is 1. The van der Waals surface area contributed by atoms with Crippen LogP contribution in [0, 0.1) is 15.9 Å². The topological polar surface area (TPSA) is 55.1 Å². The number of rotatable bonds is 3. The Morgan fingerprint density at radius 2 is 2.11 bits per heavy atom. The van der Waals surface area contributed by atoms with Crippen molar-refractivity contribution in [3.05, 3.63) is 27.3 Å². The number of amides is 1. The van der Waals surface area contributed by atoms with Crippen molar-refractivity contribution in [2.45, 2.75) is 32.6 Å². The second-order valence-electron chi connectivity index (χ2n) is 5.10. The average Bonchev–Trinajstić information content (AvgIpc) is 2.82. The van der Waals surface area contributed by atoms with E-state index in [1.54, 1.807) is 0 Å². The highest BCUT2D eigenvalue weighted by Gasteiger charge is 2.39. The number of halogens is 1. The molecular formula is C14H19IN2O. The molecule has 18 heavy (non-hydrogen) atoms. The highest BCUT2D eigenvalue weighted by atomic mass is 127. The Hall–Kier alpha value is -0.620. The molecule has 0 saturated heterocycles. The molecule has 1 saturated carbocycles. The Labute approximate surface area is 122 Å². The minimum Gasteiger partial charge on any atom is -0.329 e. The summed E-state index contributed by atoms with van der Waals surface area (Å²) in [5, 5.41) is 3.05. The SMILES string of the molecule is Cc1cc(I)ccc1NC(=O)C1(CN)CCCC1. The van der Waals surface area contributed by atoms with Gasteiger partial charge in [-0.2, -0.15) is 0 Å². The highest BCUT2D eigenvalue weighted by molar-refractivity contribution is 14.1. The van der Waals surface area contributed by atoms with E-state index in [1.807, 2.05) is 19.1 Å². The maximum absolute atomic E-state index is 12.4. The number of hydrogen-bond donors (Lipinski definition) is 2. The molecule has 1 aromatic rings. The van der Waals surface area contributed by atoms with Gasteiger partial charge < -0.3 is 11.1 Å². The minimum atomic E-state index is -0.338. The molecule has 3 nitrogen and oxygen atoms in total. The summed E-state index contributed by atoms with van der Waals surface area (Å²) in [7, 11) is 0. The van der Waals surface area contributed by atoms with E-state index in [0.717, 1.165) is 36.9 Å². The molecule has 0 bridgehead atoms. The molecule has 3 N–H and O–H groups in total. The van der Waals surface area contributed by atoms with E-state index in [1.165, 1.54) is 3.57 Å². The first-order valence-corrected chi connectivity index (χ1v) is 7.43. The van der Waals surface area contributed by atoms with Crippen molar-refractivity contribution >= 4 is 34.2 Å². The Bertz CT molecular complexity index is 453. The van der Waals surface area contributed by atoms with Crippen molar-refractivity contribution in [2.75, 3.05) is 11.9 Å². The number of benzene rings is 1. The van der Waals surface area contributed by atoms with Gasteiger partial charge in [0.25, 0.3) is 0 Å². The van der Waals surface area contributed by atoms with Gasteiger partial charge >= 0.3 is 0 Å². The first-order chi connectivity index (χ1) is 8.57. The molecule has 1 fully saturated rings. The zero-order valence-corrected chi connectivity index (χ0v) is 12.8. The minimum absolute atomic E-state index is 0.0896. The molecule has 1 aliphatic rings. The van der Waals surface area contributed by atoms with Crippen LogP contribution in [0.25, 0.3) is 0 Å². The van der Waals surface area contributed by atoms with E-state index < -0.39 is 0 Å². The summed E-state index contributed by atoms with van der Waals surface area (Å²) in [6.45, 7) is 2.46. The van der Waals surface area contributed by atoms with Crippen LogP contribution in [-0.4, -0.2) is 12.5 Å². The van der Waals surface area contributed by atoms with Crippen molar-refractivity contribution < 1.29 is 4.79 Å². The maximum Gasteiger partial charge on any atom is 0.231 e. The van der Waals surface area contributed by atoms with E-state index in [0.29, 0.717) is 6.54 Å². The molecule has 0 aromatic heterocycles. The summed E-state index contributed by atoms with van der Waals surface area (Å²) in [4.78, 5) is 12.4. The quantitative estimate of drug-likeness (QED) is 0.816. The van der Waals surface area contributed by atoms with Crippen LogP contribution in [0.15, 0.2) is 18.2 Å². The highest BCUT2D eigenvalue weighted by Crippen LogP contribution is 2.38. The van der Waals surface area contributed by atoms with Crippen LogP contribution in [0.4, 0.5) is 5.69 Å². The summed E-state index contributed by atoms with van der Waals surface area (Å²) in [5.74, 6) is 0.0896. The van der Waals surface area contributed by atoms with E-state index >= 15 is 0 Å². The lowest BCUT2D eigenvalue weighted by Crippen LogP contribution is -2.40. The van der Waals surface area contributed by atoms with Crippen LogP contribution >= 0.6 is 22.6 Å². The Balaban J connectivity index is 2.15. The molecule has 1 aromatic carbocycles. The van der Waals surface area contributed by atoms with Gasteiger partial charge in [0.2, 0.25) is 5.91 Å². The number of nitrogens with one attached hydrogen (secondary N) is 1. The summed E-state index contributed by atoms with van der Waals surface area (Å²) in [5.41, 5.74) is 7.49. The standard InChI is InChI=1S/C14H19IN2O/c1-10-8-11(15)4-5-12(10)17-13(18)14(9-16)6-2-3-7-14/h4-5,8H,2-3,6-7,9,16H2,1H3,(H,17,18). The van der Waals surface area contributed by atoms with E-state index in [9.17, 15) is 4.79 Å². The lowest BCUT2D eigenvalue weighted by Gasteiger charge is -2.26. The molecule has 0 atom stereocenters. The molecular weight excluding hydrogens is 339 g/mol. The van der Waals surface area contributed by atoms with Crippen LogP contribution < -0.4 is 11.1 Å². The van der Waals surface area contributed by atoms with Gasteiger partial charge in [-0.05, 0) is 66.1 Å². The number of hydrogen-bond acceptors (Lipinski definition) is 2. The van der Waals surface area contributed by atoms with Crippen molar-refractivity contribution in [2.24, 2.45) is 11.1 Å². The van der Waals surface area contributed by atoms with Gasteiger partial charge in [-0.3, -0.25) is 4.79 Å².